The first kappa shape index (κ1) is 20.8. The van der Waals surface area contributed by atoms with Gasteiger partial charge in [0, 0.05) is 5.02 Å². The minimum atomic E-state index is -4.33. The van der Waals surface area contributed by atoms with Gasteiger partial charge in [-0.15, -0.1) is 5.10 Å². The van der Waals surface area contributed by atoms with Crippen molar-refractivity contribution in [2.45, 2.75) is 17.2 Å². The Bertz CT molecular complexity index is 1180. The van der Waals surface area contributed by atoms with Crippen molar-refractivity contribution in [2.24, 2.45) is 10.9 Å². The molecule has 1 heterocycles. The molecule has 3 rings (SSSR count). The summed E-state index contributed by atoms with van der Waals surface area (Å²) in [6.45, 7) is 0. The number of sulfonamides is 1. The van der Waals surface area contributed by atoms with Crippen LogP contribution in [0.1, 0.15) is 29.3 Å². The van der Waals surface area contributed by atoms with Crippen LogP contribution in [-0.2, 0) is 14.8 Å². The lowest BCUT2D eigenvalue weighted by atomic mass is 9.90. The SMILES string of the molecule is NC(=O)C(c1ccc(-n2cnc(C(F)F)n2)c(S(N)(=O)=O)c1)c1ccccc1Cl. The first-order valence-electron chi connectivity index (χ1n) is 8.00. The number of aromatic nitrogens is 3. The van der Waals surface area contributed by atoms with Gasteiger partial charge in [-0.3, -0.25) is 4.79 Å². The van der Waals surface area contributed by atoms with Gasteiger partial charge in [0.25, 0.3) is 6.43 Å². The normalized spacial score (nSPS) is 12.9. The fourth-order valence-electron chi connectivity index (χ4n) is 2.83. The highest BCUT2D eigenvalue weighted by atomic mass is 35.5. The van der Waals surface area contributed by atoms with Crippen molar-refractivity contribution < 1.29 is 22.0 Å². The van der Waals surface area contributed by atoms with Gasteiger partial charge in [0.15, 0.2) is 0 Å². The van der Waals surface area contributed by atoms with E-state index in [1.807, 2.05) is 0 Å². The van der Waals surface area contributed by atoms with E-state index >= 15 is 0 Å². The minimum absolute atomic E-state index is 0.113. The summed E-state index contributed by atoms with van der Waals surface area (Å²) in [5.41, 5.74) is 5.98. The number of nitrogens with zero attached hydrogens (tertiary/aromatic N) is 3. The summed E-state index contributed by atoms with van der Waals surface area (Å²) >= 11 is 6.16. The van der Waals surface area contributed by atoms with Gasteiger partial charge >= 0.3 is 0 Å². The van der Waals surface area contributed by atoms with E-state index in [1.54, 1.807) is 24.3 Å². The number of amides is 1. The number of alkyl halides is 2. The van der Waals surface area contributed by atoms with E-state index in [-0.39, 0.29) is 16.3 Å². The summed E-state index contributed by atoms with van der Waals surface area (Å²) < 4.78 is 50.7. The lowest BCUT2D eigenvalue weighted by Gasteiger charge is -2.18. The molecule has 4 N–H and O–H groups in total. The van der Waals surface area contributed by atoms with Crippen LogP contribution in [-0.4, -0.2) is 29.1 Å². The summed E-state index contributed by atoms with van der Waals surface area (Å²) in [7, 11) is -4.33. The largest absolute Gasteiger partial charge is 0.369 e. The zero-order valence-corrected chi connectivity index (χ0v) is 16.1. The van der Waals surface area contributed by atoms with E-state index in [4.69, 9.17) is 22.5 Å². The quantitative estimate of drug-likeness (QED) is 0.604. The van der Waals surface area contributed by atoms with E-state index < -0.39 is 39.0 Å². The maximum atomic E-state index is 12.8. The third kappa shape index (κ3) is 4.26. The molecule has 152 valence electrons. The molecule has 29 heavy (non-hydrogen) atoms. The number of carbonyl (C=O) groups excluding carboxylic acids is 1. The van der Waals surface area contributed by atoms with E-state index in [0.29, 0.717) is 5.56 Å². The fraction of sp³-hybridized carbons (Fsp3) is 0.118. The minimum Gasteiger partial charge on any atom is -0.369 e. The lowest BCUT2D eigenvalue weighted by Crippen LogP contribution is -2.24. The molecule has 1 amide bonds. The van der Waals surface area contributed by atoms with Gasteiger partial charge in [0.2, 0.25) is 21.8 Å². The van der Waals surface area contributed by atoms with E-state index in [0.717, 1.165) is 17.1 Å². The van der Waals surface area contributed by atoms with Gasteiger partial charge < -0.3 is 5.73 Å². The highest BCUT2D eigenvalue weighted by Crippen LogP contribution is 2.32. The zero-order valence-electron chi connectivity index (χ0n) is 14.5. The van der Waals surface area contributed by atoms with Crippen molar-refractivity contribution in [3.05, 3.63) is 70.8 Å². The molecule has 0 saturated heterocycles. The van der Waals surface area contributed by atoms with Crippen LogP contribution in [0.3, 0.4) is 0 Å². The first-order chi connectivity index (χ1) is 13.6. The van der Waals surface area contributed by atoms with Gasteiger partial charge in [-0.25, -0.2) is 32.0 Å². The van der Waals surface area contributed by atoms with Gasteiger partial charge in [-0.2, -0.15) is 0 Å². The van der Waals surface area contributed by atoms with Crippen LogP contribution in [0.2, 0.25) is 5.02 Å². The Labute approximate surface area is 169 Å². The molecular weight excluding hydrogens is 428 g/mol. The summed E-state index contributed by atoms with van der Waals surface area (Å²) in [5.74, 6) is -2.61. The second-order valence-corrected chi connectivity index (χ2v) is 7.91. The Morgan fingerprint density at radius 1 is 1.17 bits per heavy atom. The molecule has 1 aromatic heterocycles. The monoisotopic (exact) mass is 441 g/mol. The van der Waals surface area contributed by atoms with E-state index in [9.17, 15) is 22.0 Å². The molecule has 3 aromatic rings. The third-order valence-electron chi connectivity index (χ3n) is 4.08. The number of hydrogen-bond donors (Lipinski definition) is 2. The van der Waals surface area contributed by atoms with Crippen LogP contribution >= 0.6 is 11.6 Å². The summed E-state index contributed by atoms with van der Waals surface area (Å²) in [6.07, 6.45) is -2.00. The van der Waals surface area contributed by atoms with Crippen molar-refractivity contribution in [3.8, 4) is 5.69 Å². The second-order valence-electron chi connectivity index (χ2n) is 5.98. The van der Waals surface area contributed by atoms with Crippen molar-refractivity contribution in [2.75, 3.05) is 0 Å². The Morgan fingerprint density at radius 2 is 1.86 bits per heavy atom. The molecule has 0 fully saturated rings. The maximum absolute atomic E-state index is 12.8. The van der Waals surface area contributed by atoms with Crippen molar-refractivity contribution >= 4 is 27.5 Å². The highest BCUT2D eigenvalue weighted by molar-refractivity contribution is 7.89. The topological polar surface area (TPSA) is 134 Å². The molecule has 8 nitrogen and oxygen atoms in total. The molecule has 0 aliphatic carbocycles. The van der Waals surface area contributed by atoms with Gasteiger partial charge in [0.05, 0.1) is 11.6 Å². The van der Waals surface area contributed by atoms with Crippen LogP contribution < -0.4 is 10.9 Å². The average molecular weight is 442 g/mol. The van der Waals surface area contributed by atoms with E-state index in [2.05, 4.69) is 10.1 Å². The Morgan fingerprint density at radius 3 is 2.41 bits per heavy atom. The number of benzene rings is 2. The molecule has 0 bridgehead atoms. The Kier molecular flexibility index (Phi) is 5.64. The predicted molar refractivity (Wildman–Crippen MR) is 100 cm³/mol. The number of nitrogens with two attached hydrogens (primary N) is 2. The van der Waals surface area contributed by atoms with Gasteiger partial charge in [-0.1, -0.05) is 35.9 Å². The molecule has 0 aliphatic rings. The Balaban J connectivity index is 2.19. The molecule has 1 atom stereocenters. The van der Waals surface area contributed by atoms with Crippen molar-refractivity contribution in [1.29, 1.82) is 0 Å². The smallest absolute Gasteiger partial charge is 0.299 e. The zero-order chi connectivity index (χ0) is 21.3. The number of rotatable bonds is 6. The molecule has 1 unspecified atom stereocenters. The first-order valence-corrected chi connectivity index (χ1v) is 9.92. The number of primary amides is 1. The number of carbonyl (C=O) groups is 1. The van der Waals surface area contributed by atoms with Crippen LogP contribution in [0, 0.1) is 0 Å². The standard InChI is InChI=1S/C17H14ClF2N5O3S/c18-11-4-2-1-3-10(11)14(16(21)26)9-5-6-12(13(7-9)29(22,27)28)25-8-23-17(24-25)15(19)20/h1-8,14-15H,(H2,21,26)(H2,22,27,28). The maximum Gasteiger partial charge on any atom is 0.299 e. The fourth-order valence-corrected chi connectivity index (χ4v) is 3.82. The molecule has 0 aliphatic heterocycles. The highest BCUT2D eigenvalue weighted by Gasteiger charge is 2.26. The van der Waals surface area contributed by atoms with Crippen LogP contribution in [0.25, 0.3) is 5.69 Å². The van der Waals surface area contributed by atoms with Gasteiger partial charge in [0.1, 0.15) is 11.2 Å². The summed E-state index contributed by atoms with van der Waals surface area (Å²) in [6, 6.07) is 10.3. The number of halogens is 3. The molecule has 0 spiro atoms. The molecule has 0 saturated carbocycles. The van der Waals surface area contributed by atoms with Crippen LogP contribution in [0.15, 0.2) is 53.7 Å². The van der Waals surface area contributed by atoms with Crippen molar-refractivity contribution in [1.82, 2.24) is 14.8 Å². The predicted octanol–water partition coefficient (Wildman–Crippen LogP) is 2.12. The molecular formula is C17H14ClF2N5O3S. The van der Waals surface area contributed by atoms with Crippen LogP contribution in [0.4, 0.5) is 8.78 Å². The number of primary sulfonamides is 1. The molecule has 0 radical (unpaired) electrons. The van der Waals surface area contributed by atoms with E-state index in [1.165, 1.54) is 12.1 Å². The third-order valence-corrected chi connectivity index (χ3v) is 5.36. The second kappa shape index (κ2) is 7.85. The summed E-state index contributed by atoms with van der Waals surface area (Å²) in [5, 5.41) is 9.11. The molecule has 12 heteroatoms. The molecule has 2 aromatic carbocycles. The lowest BCUT2D eigenvalue weighted by molar-refractivity contribution is -0.118. The number of hydrogen-bond acceptors (Lipinski definition) is 5. The van der Waals surface area contributed by atoms with Gasteiger partial charge in [-0.05, 0) is 29.3 Å². The van der Waals surface area contributed by atoms with Crippen LogP contribution in [0.5, 0.6) is 0 Å². The Hall–Kier alpha value is -2.89. The average Bonchev–Trinajstić information content (AvgIpc) is 3.13. The van der Waals surface area contributed by atoms with Crippen molar-refractivity contribution in [3.63, 3.8) is 0 Å². The summed E-state index contributed by atoms with van der Waals surface area (Å²) in [4.78, 5) is 15.1.